The molecule has 3 aromatic carbocycles. The van der Waals surface area contributed by atoms with E-state index in [1.807, 2.05) is 60.7 Å². The third kappa shape index (κ3) is 4.04. The van der Waals surface area contributed by atoms with Crippen LogP contribution >= 0.6 is 0 Å². The number of Topliss-reactive ketones (excluding diaryl/α,β-unsaturated/α-hetero) is 1. The van der Waals surface area contributed by atoms with Crippen LogP contribution in [0.25, 0.3) is 10.8 Å². The van der Waals surface area contributed by atoms with Crippen LogP contribution in [0.4, 0.5) is 0 Å². The number of benzene rings is 3. The van der Waals surface area contributed by atoms with Crippen molar-refractivity contribution in [3.63, 3.8) is 0 Å². The molecule has 0 saturated carbocycles. The second-order valence-corrected chi connectivity index (χ2v) is 5.64. The summed E-state index contributed by atoms with van der Waals surface area (Å²) < 4.78 is 10.8. The van der Waals surface area contributed by atoms with Gasteiger partial charge in [-0.25, -0.2) is 0 Å². The van der Waals surface area contributed by atoms with E-state index < -0.39 is 5.97 Å². The Kier molecular flexibility index (Phi) is 5.09. The van der Waals surface area contributed by atoms with E-state index in [0.717, 1.165) is 16.3 Å². The summed E-state index contributed by atoms with van der Waals surface area (Å²) >= 11 is 0. The molecule has 0 saturated heterocycles. The van der Waals surface area contributed by atoms with E-state index in [9.17, 15) is 9.59 Å². The lowest BCUT2D eigenvalue weighted by Gasteiger charge is -2.14. The number of ether oxygens (including phenoxy) is 2. The minimum absolute atomic E-state index is 0.282. The second kappa shape index (κ2) is 7.62. The maximum atomic E-state index is 12.6. The van der Waals surface area contributed by atoms with Gasteiger partial charge in [0.1, 0.15) is 12.4 Å². The first kappa shape index (κ1) is 16.7. The molecule has 0 aliphatic heterocycles. The number of rotatable bonds is 6. The van der Waals surface area contributed by atoms with Crippen molar-refractivity contribution in [2.24, 2.45) is 0 Å². The fourth-order valence-electron chi connectivity index (χ4n) is 2.63. The van der Waals surface area contributed by atoms with Crippen LogP contribution in [0.1, 0.15) is 22.8 Å². The van der Waals surface area contributed by atoms with Crippen LogP contribution in [0.5, 0.6) is 5.75 Å². The molecule has 0 fully saturated rings. The van der Waals surface area contributed by atoms with Crippen molar-refractivity contribution >= 4 is 22.5 Å². The number of ketones is 1. The van der Waals surface area contributed by atoms with Crippen LogP contribution in [0, 0.1) is 0 Å². The Hall–Kier alpha value is -3.14. The molecule has 0 aromatic heterocycles. The van der Waals surface area contributed by atoms with E-state index in [-0.39, 0.29) is 12.4 Å². The van der Waals surface area contributed by atoms with Gasteiger partial charge >= 0.3 is 5.97 Å². The van der Waals surface area contributed by atoms with Crippen LogP contribution in [0.2, 0.25) is 0 Å². The molecule has 0 aliphatic carbocycles. The Bertz CT molecular complexity index is 900. The summed E-state index contributed by atoms with van der Waals surface area (Å²) in [5.41, 5.74) is 1.45. The molecule has 126 valence electrons. The molecule has 0 N–H and O–H groups in total. The molecule has 3 aromatic rings. The lowest BCUT2D eigenvalue weighted by atomic mass is 10.0. The minimum Gasteiger partial charge on any atom is -0.488 e. The average molecular weight is 334 g/mol. The first-order chi connectivity index (χ1) is 12.1. The molecule has 0 bridgehead atoms. The van der Waals surface area contributed by atoms with Crippen LogP contribution in [-0.2, 0) is 16.1 Å². The van der Waals surface area contributed by atoms with Gasteiger partial charge in [0, 0.05) is 6.92 Å². The van der Waals surface area contributed by atoms with Crippen molar-refractivity contribution in [3.8, 4) is 5.75 Å². The predicted molar refractivity (Wildman–Crippen MR) is 95.7 cm³/mol. The topological polar surface area (TPSA) is 52.6 Å². The van der Waals surface area contributed by atoms with Crippen LogP contribution in [0.3, 0.4) is 0 Å². The third-order valence-electron chi connectivity index (χ3n) is 3.81. The average Bonchev–Trinajstić information content (AvgIpc) is 2.64. The summed E-state index contributed by atoms with van der Waals surface area (Å²) in [5, 5.41) is 1.71. The van der Waals surface area contributed by atoms with Gasteiger partial charge in [0.05, 0.1) is 5.56 Å². The number of hydrogen-bond donors (Lipinski definition) is 0. The molecule has 0 radical (unpaired) electrons. The van der Waals surface area contributed by atoms with E-state index in [1.54, 1.807) is 6.07 Å². The SMILES string of the molecule is CC(=O)OCC(=O)c1c(OCc2ccccc2)ccc2ccccc12. The highest BCUT2D eigenvalue weighted by Crippen LogP contribution is 2.29. The zero-order valence-electron chi connectivity index (χ0n) is 13.9. The van der Waals surface area contributed by atoms with Crippen molar-refractivity contribution in [2.75, 3.05) is 6.61 Å². The molecule has 4 nitrogen and oxygen atoms in total. The quantitative estimate of drug-likeness (QED) is 0.502. The van der Waals surface area contributed by atoms with Crippen LogP contribution in [0.15, 0.2) is 66.7 Å². The zero-order valence-corrected chi connectivity index (χ0v) is 13.9. The summed E-state index contributed by atoms with van der Waals surface area (Å²) in [5.74, 6) is -0.282. The number of carbonyl (C=O) groups is 2. The van der Waals surface area contributed by atoms with E-state index in [0.29, 0.717) is 17.9 Å². The zero-order chi connectivity index (χ0) is 17.6. The minimum atomic E-state index is -0.486. The van der Waals surface area contributed by atoms with Crippen molar-refractivity contribution in [1.82, 2.24) is 0 Å². The second-order valence-electron chi connectivity index (χ2n) is 5.64. The summed E-state index contributed by atoms with van der Waals surface area (Å²) in [7, 11) is 0. The van der Waals surface area contributed by atoms with Crippen LogP contribution in [-0.4, -0.2) is 18.4 Å². The van der Waals surface area contributed by atoms with E-state index >= 15 is 0 Å². The normalized spacial score (nSPS) is 10.4. The highest BCUT2D eigenvalue weighted by atomic mass is 16.5. The van der Waals surface area contributed by atoms with Crippen molar-refractivity contribution in [3.05, 3.63) is 77.9 Å². The number of fused-ring (bicyclic) bond motifs is 1. The standard InChI is InChI=1S/C21H18O4/c1-15(22)24-14-19(23)21-18-10-6-5-9-17(18)11-12-20(21)25-13-16-7-3-2-4-8-16/h2-12H,13-14H2,1H3. The predicted octanol–water partition coefficient (Wildman–Crippen LogP) is 4.16. The third-order valence-corrected chi connectivity index (χ3v) is 3.81. The van der Waals surface area contributed by atoms with E-state index in [1.165, 1.54) is 6.92 Å². The molecule has 0 spiro atoms. The molecular formula is C21H18O4. The highest BCUT2D eigenvalue weighted by Gasteiger charge is 2.18. The summed E-state index contributed by atoms with van der Waals surface area (Å²) in [6.07, 6.45) is 0. The maximum absolute atomic E-state index is 12.6. The highest BCUT2D eigenvalue weighted by molar-refractivity contribution is 6.11. The van der Waals surface area contributed by atoms with Gasteiger partial charge in [0.2, 0.25) is 5.78 Å². The Morgan fingerprint density at radius 3 is 2.36 bits per heavy atom. The molecular weight excluding hydrogens is 316 g/mol. The number of carbonyl (C=O) groups excluding carboxylic acids is 2. The lowest BCUT2D eigenvalue weighted by Crippen LogP contribution is -2.14. The maximum Gasteiger partial charge on any atom is 0.303 e. The molecule has 3 rings (SSSR count). The smallest absolute Gasteiger partial charge is 0.303 e. The van der Waals surface area contributed by atoms with Gasteiger partial charge in [-0.3, -0.25) is 9.59 Å². The fourth-order valence-corrected chi connectivity index (χ4v) is 2.63. The molecule has 0 aliphatic rings. The van der Waals surface area contributed by atoms with Gasteiger partial charge in [-0.15, -0.1) is 0 Å². The van der Waals surface area contributed by atoms with E-state index in [4.69, 9.17) is 9.47 Å². The summed E-state index contributed by atoms with van der Waals surface area (Å²) in [6.45, 7) is 1.33. The first-order valence-corrected chi connectivity index (χ1v) is 8.00. The molecule has 25 heavy (non-hydrogen) atoms. The van der Waals surface area contributed by atoms with Crippen molar-refractivity contribution < 1.29 is 19.1 Å². The van der Waals surface area contributed by atoms with Crippen molar-refractivity contribution in [2.45, 2.75) is 13.5 Å². The first-order valence-electron chi connectivity index (χ1n) is 8.00. The fraction of sp³-hybridized carbons (Fsp3) is 0.143. The summed E-state index contributed by atoms with van der Waals surface area (Å²) in [4.78, 5) is 23.7. The number of hydrogen-bond acceptors (Lipinski definition) is 4. The molecule has 0 heterocycles. The summed E-state index contributed by atoms with van der Waals surface area (Å²) in [6, 6.07) is 21.0. The molecule has 0 atom stereocenters. The van der Waals surface area contributed by atoms with Crippen LogP contribution < -0.4 is 4.74 Å². The Labute approximate surface area is 146 Å². The molecule has 0 unspecified atom stereocenters. The van der Waals surface area contributed by atoms with Crippen molar-refractivity contribution in [1.29, 1.82) is 0 Å². The molecule has 4 heteroatoms. The molecule has 0 amide bonds. The Morgan fingerprint density at radius 1 is 0.880 bits per heavy atom. The lowest BCUT2D eigenvalue weighted by molar-refractivity contribution is -0.139. The van der Waals surface area contributed by atoms with Gasteiger partial charge in [0.15, 0.2) is 6.61 Å². The van der Waals surface area contributed by atoms with Gasteiger partial charge < -0.3 is 9.47 Å². The van der Waals surface area contributed by atoms with Gasteiger partial charge in [-0.1, -0.05) is 60.7 Å². The largest absolute Gasteiger partial charge is 0.488 e. The number of esters is 1. The monoisotopic (exact) mass is 334 g/mol. The van der Waals surface area contributed by atoms with Gasteiger partial charge in [-0.05, 0) is 22.4 Å². The van der Waals surface area contributed by atoms with Gasteiger partial charge in [0.25, 0.3) is 0 Å². The van der Waals surface area contributed by atoms with E-state index in [2.05, 4.69) is 0 Å². The Morgan fingerprint density at radius 2 is 1.60 bits per heavy atom. The van der Waals surface area contributed by atoms with Gasteiger partial charge in [-0.2, -0.15) is 0 Å². The Balaban J connectivity index is 1.94.